The molecule has 8 heteroatoms. The highest BCUT2D eigenvalue weighted by Crippen LogP contribution is 2.30. The Bertz CT molecular complexity index is 754. The van der Waals surface area contributed by atoms with Crippen LogP contribution in [0.25, 0.3) is 0 Å². The Morgan fingerprint density at radius 3 is 2.70 bits per heavy atom. The molecule has 0 aliphatic carbocycles. The molecule has 4 heterocycles. The standard InChI is InChI=1S/C15H18N4O3S/c1-23(21,22)18-8-11-2-5-14(10-18)19(9-11)15(20)12-3-4-13(6-16)17-7-12/h3-4,7,11,14H,2,5,8-10H2,1H3/t11-,14+/m1/s1. The molecule has 2 bridgehead atoms. The van der Waals surface area contributed by atoms with Crippen molar-refractivity contribution in [2.45, 2.75) is 18.9 Å². The lowest BCUT2D eigenvalue weighted by atomic mass is 9.94. The average molecular weight is 334 g/mol. The SMILES string of the molecule is CS(=O)(=O)N1C[C@H]2CC[C@@H](C1)N(C(=O)c1ccc(C#N)nc1)C2. The Kier molecular flexibility index (Phi) is 4.08. The molecule has 3 fully saturated rings. The Labute approximate surface area is 135 Å². The van der Waals surface area contributed by atoms with E-state index in [1.54, 1.807) is 11.0 Å². The highest BCUT2D eigenvalue weighted by atomic mass is 32.2. The van der Waals surface area contributed by atoms with Crippen LogP contribution in [0.2, 0.25) is 0 Å². The van der Waals surface area contributed by atoms with Crippen LogP contribution in [0.3, 0.4) is 0 Å². The number of carbonyl (C=O) groups excluding carboxylic acids is 1. The summed E-state index contributed by atoms with van der Waals surface area (Å²) in [4.78, 5) is 18.4. The lowest BCUT2D eigenvalue weighted by Crippen LogP contribution is -2.47. The minimum atomic E-state index is -3.25. The molecule has 122 valence electrons. The number of nitrogens with zero attached hydrogens (tertiary/aromatic N) is 4. The second kappa shape index (κ2) is 5.91. The molecule has 1 aromatic heterocycles. The van der Waals surface area contributed by atoms with Crippen molar-refractivity contribution in [3.63, 3.8) is 0 Å². The van der Waals surface area contributed by atoms with E-state index in [1.165, 1.54) is 22.8 Å². The summed E-state index contributed by atoms with van der Waals surface area (Å²) in [6.45, 7) is 1.39. The van der Waals surface area contributed by atoms with E-state index in [-0.39, 0.29) is 23.6 Å². The van der Waals surface area contributed by atoms with Crippen molar-refractivity contribution in [1.82, 2.24) is 14.2 Å². The molecule has 7 nitrogen and oxygen atoms in total. The molecule has 1 amide bonds. The highest BCUT2D eigenvalue weighted by molar-refractivity contribution is 7.88. The van der Waals surface area contributed by atoms with Crippen LogP contribution in [0.15, 0.2) is 18.3 Å². The molecular weight excluding hydrogens is 316 g/mol. The molecule has 3 saturated heterocycles. The van der Waals surface area contributed by atoms with E-state index >= 15 is 0 Å². The van der Waals surface area contributed by atoms with E-state index in [4.69, 9.17) is 5.26 Å². The predicted octanol–water partition coefficient (Wildman–Crippen LogP) is 0.449. The number of pyridine rings is 1. The number of carbonyl (C=O) groups is 1. The Balaban J connectivity index is 1.83. The van der Waals surface area contributed by atoms with Gasteiger partial charge in [-0.15, -0.1) is 0 Å². The van der Waals surface area contributed by atoms with E-state index in [2.05, 4.69) is 4.98 Å². The van der Waals surface area contributed by atoms with Crippen molar-refractivity contribution in [3.8, 4) is 6.07 Å². The van der Waals surface area contributed by atoms with Crippen LogP contribution in [-0.4, -0.2) is 60.4 Å². The lowest BCUT2D eigenvalue weighted by Gasteiger charge is -2.36. The summed E-state index contributed by atoms with van der Waals surface area (Å²) in [6, 6.07) is 4.94. The number of amides is 1. The van der Waals surface area contributed by atoms with E-state index < -0.39 is 10.0 Å². The highest BCUT2D eigenvalue weighted by Gasteiger charge is 2.39. The Morgan fingerprint density at radius 2 is 2.09 bits per heavy atom. The molecule has 0 N–H and O–H groups in total. The summed E-state index contributed by atoms with van der Waals surface area (Å²) in [5, 5.41) is 8.77. The van der Waals surface area contributed by atoms with Crippen LogP contribution in [0, 0.1) is 17.2 Å². The van der Waals surface area contributed by atoms with Crippen molar-refractivity contribution in [3.05, 3.63) is 29.6 Å². The first-order valence-electron chi connectivity index (χ1n) is 7.50. The third kappa shape index (κ3) is 3.21. The van der Waals surface area contributed by atoms with Gasteiger partial charge in [-0.25, -0.2) is 13.4 Å². The fourth-order valence-corrected chi connectivity index (χ4v) is 4.24. The zero-order valence-corrected chi connectivity index (χ0v) is 13.7. The quantitative estimate of drug-likeness (QED) is 0.782. The summed E-state index contributed by atoms with van der Waals surface area (Å²) in [5.41, 5.74) is 0.699. The van der Waals surface area contributed by atoms with E-state index in [0.717, 1.165) is 12.8 Å². The second-order valence-corrected chi connectivity index (χ2v) is 8.16. The molecule has 0 aromatic carbocycles. The van der Waals surface area contributed by atoms with Crippen molar-refractivity contribution in [2.24, 2.45) is 5.92 Å². The molecule has 0 saturated carbocycles. The smallest absolute Gasteiger partial charge is 0.255 e. The average Bonchev–Trinajstić information content (AvgIpc) is 2.86. The third-order valence-corrected chi connectivity index (χ3v) is 5.77. The van der Waals surface area contributed by atoms with Crippen molar-refractivity contribution in [1.29, 1.82) is 5.26 Å². The van der Waals surface area contributed by atoms with Gasteiger partial charge in [-0.3, -0.25) is 4.79 Å². The van der Waals surface area contributed by atoms with Crippen molar-refractivity contribution < 1.29 is 13.2 Å². The summed E-state index contributed by atoms with van der Waals surface area (Å²) < 4.78 is 25.2. The van der Waals surface area contributed by atoms with Crippen LogP contribution >= 0.6 is 0 Å². The monoisotopic (exact) mass is 334 g/mol. The number of hydrogen-bond donors (Lipinski definition) is 0. The van der Waals surface area contributed by atoms with Gasteiger partial charge in [0.05, 0.1) is 11.8 Å². The van der Waals surface area contributed by atoms with Gasteiger partial charge in [0.25, 0.3) is 5.91 Å². The maximum Gasteiger partial charge on any atom is 0.255 e. The van der Waals surface area contributed by atoms with Crippen molar-refractivity contribution in [2.75, 3.05) is 25.9 Å². The molecule has 23 heavy (non-hydrogen) atoms. The zero-order chi connectivity index (χ0) is 16.6. The summed E-state index contributed by atoms with van der Waals surface area (Å²) >= 11 is 0. The Hall–Kier alpha value is -1.98. The summed E-state index contributed by atoms with van der Waals surface area (Å²) in [7, 11) is -3.25. The van der Waals surface area contributed by atoms with Gasteiger partial charge in [-0.05, 0) is 30.9 Å². The van der Waals surface area contributed by atoms with Crippen LogP contribution in [0.4, 0.5) is 0 Å². The van der Waals surface area contributed by atoms with Gasteiger partial charge in [0, 0.05) is 31.9 Å². The number of fused-ring (bicyclic) bond motifs is 4. The van der Waals surface area contributed by atoms with Gasteiger partial charge >= 0.3 is 0 Å². The fraction of sp³-hybridized carbons (Fsp3) is 0.533. The van der Waals surface area contributed by atoms with Gasteiger partial charge < -0.3 is 4.90 Å². The molecule has 0 unspecified atom stereocenters. The zero-order valence-electron chi connectivity index (χ0n) is 12.8. The topological polar surface area (TPSA) is 94.4 Å². The first-order chi connectivity index (χ1) is 10.9. The van der Waals surface area contributed by atoms with Gasteiger partial charge in [-0.1, -0.05) is 0 Å². The van der Waals surface area contributed by atoms with Gasteiger partial charge in [-0.2, -0.15) is 9.57 Å². The largest absolute Gasteiger partial charge is 0.334 e. The molecule has 0 radical (unpaired) electrons. The number of rotatable bonds is 2. The fourth-order valence-electron chi connectivity index (χ4n) is 3.31. The van der Waals surface area contributed by atoms with Gasteiger partial charge in [0.1, 0.15) is 11.8 Å². The maximum atomic E-state index is 12.7. The lowest BCUT2D eigenvalue weighted by molar-refractivity contribution is 0.0588. The van der Waals surface area contributed by atoms with Crippen LogP contribution in [-0.2, 0) is 10.0 Å². The number of hydrogen-bond acceptors (Lipinski definition) is 5. The van der Waals surface area contributed by atoms with Crippen LogP contribution in [0.5, 0.6) is 0 Å². The van der Waals surface area contributed by atoms with Crippen LogP contribution in [0.1, 0.15) is 28.9 Å². The van der Waals surface area contributed by atoms with Gasteiger partial charge in [0.15, 0.2) is 0 Å². The number of aromatic nitrogens is 1. The Morgan fingerprint density at radius 1 is 1.30 bits per heavy atom. The molecular formula is C15H18N4O3S. The minimum absolute atomic E-state index is 0.105. The molecule has 4 rings (SSSR count). The maximum absolute atomic E-state index is 12.7. The molecule has 0 spiro atoms. The number of sulfonamides is 1. The normalized spacial score (nSPS) is 25.0. The van der Waals surface area contributed by atoms with Crippen LogP contribution < -0.4 is 0 Å². The molecule has 3 aliphatic heterocycles. The van der Waals surface area contributed by atoms with E-state index in [1.807, 2.05) is 6.07 Å². The third-order valence-electron chi connectivity index (χ3n) is 4.53. The van der Waals surface area contributed by atoms with Crippen molar-refractivity contribution >= 4 is 15.9 Å². The molecule has 1 aromatic rings. The summed E-state index contributed by atoms with van der Waals surface area (Å²) in [6.07, 6.45) is 4.38. The number of piperidine rings is 1. The first kappa shape index (κ1) is 15.9. The first-order valence-corrected chi connectivity index (χ1v) is 9.35. The van der Waals surface area contributed by atoms with E-state index in [9.17, 15) is 13.2 Å². The minimum Gasteiger partial charge on any atom is -0.334 e. The second-order valence-electron chi connectivity index (χ2n) is 6.18. The predicted molar refractivity (Wildman–Crippen MR) is 82.9 cm³/mol. The molecule has 2 atom stereocenters. The van der Waals surface area contributed by atoms with Gasteiger partial charge in [0.2, 0.25) is 10.0 Å². The summed E-state index contributed by atoms with van der Waals surface area (Å²) in [5.74, 6) is 0.0193. The molecule has 3 aliphatic rings. The van der Waals surface area contributed by atoms with E-state index in [0.29, 0.717) is 25.2 Å². The number of nitriles is 1.